The number of benzene rings is 2. The molecular formula is C17H16ClN3O3. The molecule has 0 bridgehead atoms. The van der Waals surface area contributed by atoms with E-state index in [1.165, 1.54) is 6.07 Å². The van der Waals surface area contributed by atoms with Crippen LogP contribution in [0.3, 0.4) is 0 Å². The van der Waals surface area contributed by atoms with E-state index in [1.807, 2.05) is 6.92 Å². The number of aromatic hydroxyl groups is 1. The van der Waals surface area contributed by atoms with Crippen molar-refractivity contribution >= 4 is 34.8 Å². The number of phenolic OH excluding ortho intramolecular Hbond substituents is 1. The molecule has 0 atom stereocenters. The molecule has 2 rings (SSSR count). The minimum atomic E-state index is -0.929. The molecule has 0 aliphatic carbocycles. The Balaban J connectivity index is 2.01. The maximum atomic E-state index is 11.8. The van der Waals surface area contributed by atoms with Gasteiger partial charge in [-0.15, -0.1) is 0 Å². The van der Waals surface area contributed by atoms with E-state index in [2.05, 4.69) is 15.8 Å². The number of hydrogen-bond donors (Lipinski definition) is 3. The Labute approximate surface area is 144 Å². The third-order valence-corrected chi connectivity index (χ3v) is 3.66. The lowest BCUT2D eigenvalue weighted by Crippen LogP contribution is -2.32. The molecule has 124 valence electrons. The van der Waals surface area contributed by atoms with E-state index < -0.39 is 11.8 Å². The molecule has 3 N–H and O–H groups in total. The number of carbonyl (C=O) groups is 2. The average molecular weight is 346 g/mol. The molecule has 24 heavy (non-hydrogen) atoms. The highest BCUT2D eigenvalue weighted by atomic mass is 35.5. The fraction of sp³-hybridized carbons (Fsp3) is 0.118. The molecule has 0 saturated carbocycles. The van der Waals surface area contributed by atoms with Crippen molar-refractivity contribution in [1.82, 2.24) is 5.43 Å². The van der Waals surface area contributed by atoms with E-state index >= 15 is 0 Å². The molecule has 2 aromatic rings. The average Bonchev–Trinajstić information content (AvgIpc) is 2.56. The molecular weight excluding hydrogens is 330 g/mol. The van der Waals surface area contributed by atoms with Gasteiger partial charge in [-0.1, -0.05) is 29.8 Å². The Bertz CT molecular complexity index is 818. The first-order chi connectivity index (χ1) is 11.4. The highest BCUT2D eigenvalue weighted by molar-refractivity contribution is 6.40. The Morgan fingerprint density at radius 1 is 1.12 bits per heavy atom. The number of rotatable bonds is 3. The largest absolute Gasteiger partial charge is 0.507 e. The lowest BCUT2D eigenvalue weighted by Gasteiger charge is -2.07. The molecule has 0 fully saturated rings. The number of amides is 2. The molecule has 2 amide bonds. The SMILES string of the molecule is C/C(=N\NC(=O)C(=O)Nc1ccc(C)c(Cl)c1)c1ccccc1O. The van der Waals surface area contributed by atoms with Crippen LogP contribution in [0.4, 0.5) is 5.69 Å². The number of hydrazone groups is 1. The molecule has 0 aliphatic rings. The lowest BCUT2D eigenvalue weighted by atomic mass is 10.1. The summed E-state index contributed by atoms with van der Waals surface area (Å²) >= 11 is 5.96. The summed E-state index contributed by atoms with van der Waals surface area (Å²) in [6.45, 7) is 3.43. The van der Waals surface area contributed by atoms with Crippen LogP contribution in [0.1, 0.15) is 18.1 Å². The van der Waals surface area contributed by atoms with Crippen LogP contribution in [0.2, 0.25) is 5.02 Å². The number of para-hydroxylation sites is 1. The summed E-state index contributed by atoms with van der Waals surface area (Å²) < 4.78 is 0. The predicted molar refractivity (Wildman–Crippen MR) is 93.3 cm³/mol. The third kappa shape index (κ3) is 4.33. The summed E-state index contributed by atoms with van der Waals surface area (Å²) in [7, 11) is 0. The number of carbonyl (C=O) groups excluding carboxylic acids is 2. The number of phenols is 1. The van der Waals surface area contributed by atoms with E-state index in [0.29, 0.717) is 22.0 Å². The first-order valence-electron chi connectivity index (χ1n) is 7.08. The smallest absolute Gasteiger partial charge is 0.329 e. The maximum absolute atomic E-state index is 11.8. The van der Waals surface area contributed by atoms with Crippen molar-refractivity contribution in [3.8, 4) is 5.75 Å². The molecule has 0 aliphatic heterocycles. The Hall–Kier alpha value is -2.86. The second-order valence-electron chi connectivity index (χ2n) is 5.07. The van der Waals surface area contributed by atoms with Gasteiger partial charge in [-0.05, 0) is 43.7 Å². The van der Waals surface area contributed by atoms with Crippen molar-refractivity contribution in [3.05, 3.63) is 58.6 Å². The molecule has 0 unspecified atom stereocenters. The Morgan fingerprint density at radius 2 is 1.83 bits per heavy atom. The van der Waals surface area contributed by atoms with Gasteiger partial charge in [0.1, 0.15) is 5.75 Å². The second kappa shape index (κ2) is 7.61. The zero-order valence-electron chi connectivity index (χ0n) is 13.1. The van der Waals surface area contributed by atoms with Crippen molar-refractivity contribution in [2.45, 2.75) is 13.8 Å². The van der Waals surface area contributed by atoms with Gasteiger partial charge in [0.2, 0.25) is 0 Å². The molecule has 6 nitrogen and oxygen atoms in total. The zero-order valence-corrected chi connectivity index (χ0v) is 13.9. The van der Waals surface area contributed by atoms with Crippen LogP contribution in [-0.2, 0) is 9.59 Å². The normalized spacial score (nSPS) is 11.0. The van der Waals surface area contributed by atoms with E-state index in [1.54, 1.807) is 43.3 Å². The van der Waals surface area contributed by atoms with Crippen LogP contribution in [-0.4, -0.2) is 22.6 Å². The first kappa shape index (κ1) is 17.5. The molecule has 0 aromatic heterocycles. The molecule has 0 heterocycles. The van der Waals surface area contributed by atoms with Gasteiger partial charge in [0.25, 0.3) is 0 Å². The quantitative estimate of drug-likeness (QED) is 0.454. The highest BCUT2D eigenvalue weighted by Gasteiger charge is 2.14. The minimum absolute atomic E-state index is 0.0340. The van der Waals surface area contributed by atoms with Gasteiger partial charge in [-0.2, -0.15) is 5.10 Å². The van der Waals surface area contributed by atoms with Crippen LogP contribution in [0, 0.1) is 6.92 Å². The van der Waals surface area contributed by atoms with Crippen LogP contribution >= 0.6 is 11.6 Å². The lowest BCUT2D eigenvalue weighted by molar-refractivity contribution is -0.136. The van der Waals surface area contributed by atoms with Gasteiger partial charge in [-0.25, -0.2) is 5.43 Å². The van der Waals surface area contributed by atoms with Crippen molar-refractivity contribution in [2.24, 2.45) is 5.10 Å². The standard InChI is InChI=1S/C17H16ClN3O3/c1-10-7-8-12(9-14(10)18)19-16(23)17(24)21-20-11(2)13-5-3-4-6-15(13)22/h3-9,22H,1-2H3,(H,19,23)(H,21,24)/b20-11+. The molecule has 7 heteroatoms. The topological polar surface area (TPSA) is 90.8 Å². The number of anilines is 1. The number of hydrogen-bond acceptors (Lipinski definition) is 4. The van der Waals surface area contributed by atoms with Crippen molar-refractivity contribution in [3.63, 3.8) is 0 Å². The van der Waals surface area contributed by atoms with E-state index in [9.17, 15) is 14.7 Å². The van der Waals surface area contributed by atoms with E-state index in [-0.39, 0.29) is 5.75 Å². The summed E-state index contributed by atoms with van der Waals surface area (Å²) in [6, 6.07) is 11.5. The zero-order chi connectivity index (χ0) is 17.7. The van der Waals surface area contributed by atoms with Crippen LogP contribution in [0.25, 0.3) is 0 Å². The third-order valence-electron chi connectivity index (χ3n) is 3.25. The number of nitrogens with zero attached hydrogens (tertiary/aromatic N) is 1. The van der Waals surface area contributed by atoms with Gasteiger partial charge in [0, 0.05) is 16.3 Å². The molecule has 0 saturated heterocycles. The minimum Gasteiger partial charge on any atom is -0.507 e. The van der Waals surface area contributed by atoms with E-state index in [0.717, 1.165) is 5.56 Å². The Morgan fingerprint density at radius 3 is 2.50 bits per heavy atom. The monoisotopic (exact) mass is 345 g/mol. The number of halogens is 1. The van der Waals surface area contributed by atoms with Crippen LogP contribution in [0.15, 0.2) is 47.6 Å². The van der Waals surface area contributed by atoms with Gasteiger partial charge in [0.05, 0.1) is 5.71 Å². The highest BCUT2D eigenvalue weighted by Crippen LogP contribution is 2.20. The Kier molecular flexibility index (Phi) is 5.55. The van der Waals surface area contributed by atoms with E-state index in [4.69, 9.17) is 11.6 Å². The van der Waals surface area contributed by atoms with Gasteiger partial charge >= 0.3 is 11.8 Å². The first-order valence-corrected chi connectivity index (χ1v) is 7.46. The second-order valence-corrected chi connectivity index (χ2v) is 5.48. The fourth-order valence-corrected chi connectivity index (χ4v) is 2.06. The molecule has 0 spiro atoms. The maximum Gasteiger partial charge on any atom is 0.329 e. The van der Waals surface area contributed by atoms with Crippen LogP contribution in [0.5, 0.6) is 5.75 Å². The van der Waals surface area contributed by atoms with Gasteiger partial charge < -0.3 is 10.4 Å². The van der Waals surface area contributed by atoms with Crippen LogP contribution < -0.4 is 10.7 Å². The summed E-state index contributed by atoms with van der Waals surface area (Å²) in [6.07, 6.45) is 0. The summed E-state index contributed by atoms with van der Waals surface area (Å²) in [5.74, 6) is -1.77. The summed E-state index contributed by atoms with van der Waals surface area (Å²) in [5.41, 5.74) is 4.25. The fourth-order valence-electron chi connectivity index (χ4n) is 1.88. The summed E-state index contributed by atoms with van der Waals surface area (Å²) in [5, 5.41) is 16.5. The predicted octanol–water partition coefficient (Wildman–Crippen LogP) is 2.83. The summed E-state index contributed by atoms with van der Waals surface area (Å²) in [4.78, 5) is 23.6. The number of aryl methyl sites for hydroxylation is 1. The van der Waals surface area contributed by atoms with Gasteiger partial charge in [-0.3, -0.25) is 9.59 Å². The van der Waals surface area contributed by atoms with Crippen molar-refractivity contribution in [2.75, 3.05) is 5.32 Å². The van der Waals surface area contributed by atoms with Crippen molar-refractivity contribution in [1.29, 1.82) is 0 Å². The van der Waals surface area contributed by atoms with Gasteiger partial charge in [0.15, 0.2) is 0 Å². The molecule has 0 radical (unpaired) electrons. The van der Waals surface area contributed by atoms with Crippen molar-refractivity contribution < 1.29 is 14.7 Å². The molecule has 2 aromatic carbocycles. The number of nitrogens with one attached hydrogen (secondary N) is 2.